The van der Waals surface area contributed by atoms with Gasteiger partial charge >= 0.3 is 0 Å². The maximum absolute atomic E-state index is 12.3. The fraction of sp³-hybridized carbons (Fsp3) is 0.0588. The highest BCUT2D eigenvalue weighted by Gasteiger charge is 2.30. The molecular weight excluding hydrogens is 645 g/mol. The summed E-state index contributed by atoms with van der Waals surface area (Å²) < 4.78 is 3.58. The van der Waals surface area contributed by atoms with Crippen molar-refractivity contribution in [3.8, 4) is 23.0 Å². The van der Waals surface area contributed by atoms with Crippen LogP contribution in [0.1, 0.15) is 13.8 Å². The monoisotopic (exact) mass is 672 g/mol. The zero-order chi connectivity index (χ0) is 33.6. The normalized spacial score (nSPS) is 10.6. The Morgan fingerprint density at radius 2 is 0.833 bits per heavy atom. The van der Waals surface area contributed by atoms with Gasteiger partial charge in [0.05, 0.1) is 22.7 Å². The largest absolute Gasteiger partial charge is 0.292 e. The first kappa shape index (κ1) is 31.8. The number of nitrogens with zero attached hydrogens (tertiary/aromatic N) is 8. The first-order valence-corrected chi connectivity index (χ1v) is 15.5. The summed E-state index contributed by atoms with van der Waals surface area (Å²) in [6.07, 6.45) is 0. The summed E-state index contributed by atoms with van der Waals surface area (Å²) in [4.78, 5) is 24.6. The van der Waals surface area contributed by atoms with Gasteiger partial charge in [0, 0.05) is 13.8 Å². The average molecular weight is 673 g/mol. The molecule has 2 heterocycles. The van der Waals surface area contributed by atoms with E-state index in [4.69, 9.17) is 24.4 Å². The fourth-order valence-electron chi connectivity index (χ4n) is 4.74. The van der Waals surface area contributed by atoms with Gasteiger partial charge in [0.2, 0.25) is 11.6 Å². The highest BCUT2D eigenvalue weighted by Crippen LogP contribution is 2.34. The fourth-order valence-corrected chi connectivity index (χ4v) is 4.92. The number of hydrogen-bond donors (Lipinski definition) is 2. The molecule has 0 saturated carbocycles. The molecule has 4 aromatic carbocycles. The van der Waals surface area contributed by atoms with Crippen LogP contribution >= 0.6 is 24.4 Å². The topological polar surface area (TPSA) is 126 Å². The number of rotatable bonds is 11. The van der Waals surface area contributed by atoms with Gasteiger partial charge in [-0.05, 0) is 48.5 Å². The van der Waals surface area contributed by atoms with Crippen LogP contribution in [-0.2, 0) is 9.59 Å². The van der Waals surface area contributed by atoms with Crippen LogP contribution in [0.15, 0.2) is 121 Å². The van der Waals surface area contributed by atoms with Crippen LogP contribution < -0.4 is 20.9 Å². The number of para-hydroxylation sites is 4. The van der Waals surface area contributed by atoms with E-state index in [1.165, 1.54) is 13.8 Å². The first-order valence-electron chi connectivity index (χ1n) is 14.7. The second-order valence-corrected chi connectivity index (χ2v) is 11.1. The van der Waals surface area contributed by atoms with E-state index in [-0.39, 0.29) is 21.5 Å². The second-order valence-electron chi connectivity index (χ2n) is 10.3. The lowest BCUT2D eigenvalue weighted by Crippen LogP contribution is -2.42. The van der Waals surface area contributed by atoms with Crippen LogP contribution in [0.5, 0.6) is 0 Å². The lowest BCUT2D eigenvalue weighted by Gasteiger charge is -2.26. The van der Waals surface area contributed by atoms with Gasteiger partial charge in [-0.15, -0.1) is 20.4 Å². The molecule has 6 aromatic rings. The number of carbonyl (C=O) groups is 2. The van der Waals surface area contributed by atoms with Gasteiger partial charge in [-0.2, -0.15) is 0 Å². The molecule has 12 nitrogen and oxygen atoms in total. The third-order valence-corrected chi connectivity index (χ3v) is 7.77. The van der Waals surface area contributed by atoms with Crippen molar-refractivity contribution in [3.05, 3.63) is 121 Å². The van der Waals surface area contributed by atoms with Crippen molar-refractivity contribution in [2.75, 3.05) is 10.0 Å². The lowest BCUT2D eigenvalue weighted by atomic mass is 10.3. The van der Waals surface area contributed by atoms with Crippen molar-refractivity contribution >= 4 is 69.3 Å². The van der Waals surface area contributed by atoms with Gasteiger partial charge in [-0.3, -0.25) is 29.6 Å². The van der Waals surface area contributed by atoms with E-state index in [0.29, 0.717) is 46.3 Å². The van der Waals surface area contributed by atoms with Crippen LogP contribution in [0.4, 0.5) is 23.3 Å². The van der Waals surface area contributed by atoms with Crippen molar-refractivity contribution < 1.29 is 9.59 Å². The summed E-state index contributed by atoms with van der Waals surface area (Å²) in [6, 6.07) is 37.6. The van der Waals surface area contributed by atoms with Crippen molar-refractivity contribution in [2.24, 2.45) is 0 Å². The maximum atomic E-state index is 12.3. The predicted octanol–water partition coefficient (Wildman–Crippen LogP) is 5.63. The zero-order valence-electron chi connectivity index (χ0n) is 25.8. The van der Waals surface area contributed by atoms with Gasteiger partial charge < -0.3 is 0 Å². The third kappa shape index (κ3) is 6.56. The van der Waals surface area contributed by atoms with E-state index >= 15 is 0 Å². The number of aromatic nitrogens is 6. The third-order valence-electron chi connectivity index (χ3n) is 7.02. The highest BCUT2D eigenvalue weighted by molar-refractivity contribution is 7.82. The quantitative estimate of drug-likeness (QED) is 0.131. The van der Waals surface area contributed by atoms with Crippen LogP contribution in [0.3, 0.4) is 0 Å². The Bertz CT molecular complexity index is 1930. The second kappa shape index (κ2) is 14.1. The van der Waals surface area contributed by atoms with Gasteiger partial charge in [0.1, 0.15) is 0 Å². The molecule has 0 aliphatic carbocycles. The molecule has 48 heavy (non-hydrogen) atoms. The average Bonchev–Trinajstić information content (AvgIpc) is 3.75. The molecule has 0 unspecified atom stereocenters. The Balaban J connectivity index is 1.61. The molecule has 0 atom stereocenters. The van der Waals surface area contributed by atoms with Crippen LogP contribution in [0.2, 0.25) is 0 Å². The molecule has 6 rings (SSSR count). The molecule has 14 heteroatoms. The lowest BCUT2D eigenvalue weighted by molar-refractivity contribution is -0.111. The van der Waals surface area contributed by atoms with Crippen LogP contribution in [0.25, 0.3) is 23.0 Å². The number of benzene rings is 4. The van der Waals surface area contributed by atoms with Gasteiger partial charge in [0.25, 0.3) is 11.9 Å². The smallest absolute Gasteiger partial charge is 0.255 e. The van der Waals surface area contributed by atoms with E-state index in [2.05, 4.69) is 31.2 Å². The summed E-state index contributed by atoms with van der Waals surface area (Å²) in [5.41, 5.74) is 8.77. The van der Waals surface area contributed by atoms with Gasteiger partial charge in [-0.25, -0.2) is 10.0 Å². The Labute approximate surface area is 286 Å². The number of hydrogen-bond acceptors (Lipinski definition) is 10. The minimum absolute atomic E-state index is 0.0104. The molecule has 0 radical (unpaired) electrons. The number of hydrazine groups is 2. The molecule has 2 N–H and O–H groups in total. The molecule has 238 valence electrons. The highest BCUT2D eigenvalue weighted by atomic mass is 32.1. The predicted molar refractivity (Wildman–Crippen MR) is 192 cm³/mol. The van der Waals surface area contributed by atoms with Crippen molar-refractivity contribution in [1.29, 1.82) is 0 Å². The van der Waals surface area contributed by atoms with Gasteiger partial charge in [-0.1, -0.05) is 97.2 Å². The number of thiocarbonyl (C=S) groups is 2. The van der Waals surface area contributed by atoms with E-state index in [0.717, 1.165) is 0 Å². The number of nitrogens with one attached hydrogen (secondary N) is 2. The standard InChI is InChI=1S/C34H28N10O2S2/c1-23(45)31(47)39-43(27-19-11-5-12-20-27)33-37-35-29(41(33)25-15-7-3-8-16-25)30-36-38-34(42(30)26-17-9-4-10-18-26)44(40-32(48)24(2)46)28-21-13-6-14-22-28/h3-22H,1-2H3,(H,39,47)(H,40,48). The van der Waals surface area contributed by atoms with Crippen molar-refractivity contribution in [2.45, 2.75) is 13.8 Å². The number of ketones is 2. The Morgan fingerprint density at radius 1 is 0.521 bits per heavy atom. The molecule has 0 aliphatic heterocycles. The first-order chi connectivity index (χ1) is 23.3. The summed E-state index contributed by atoms with van der Waals surface area (Å²) in [5.74, 6) is 0.594. The van der Waals surface area contributed by atoms with E-state index in [9.17, 15) is 9.59 Å². The summed E-state index contributed by atoms with van der Waals surface area (Å²) in [5, 5.41) is 21.7. The van der Waals surface area contributed by atoms with Crippen LogP contribution in [-0.4, -0.2) is 51.1 Å². The zero-order valence-corrected chi connectivity index (χ0v) is 27.4. The molecular formula is C34H28N10O2S2. The minimum atomic E-state index is -0.317. The Hall–Kier alpha value is -6.12. The maximum Gasteiger partial charge on any atom is 0.255 e. The van der Waals surface area contributed by atoms with Crippen molar-refractivity contribution in [3.63, 3.8) is 0 Å². The molecule has 0 amide bonds. The molecule has 0 fully saturated rings. The molecule has 0 saturated heterocycles. The Kier molecular flexibility index (Phi) is 9.36. The Morgan fingerprint density at radius 3 is 1.15 bits per heavy atom. The summed E-state index contributed by atoms with van der Waals surface area (Å²) in [7, 11) is 0. The molecule has 0 bridgehead atoms. The van der Waals surface area contributed by atoms with E-state index in [1.54, 1.807) is 19.2 Å². The number of Topliss-reactive ketones (excluding diaryl/α,β-unsaturated/α-hetero) is 2. The molecule has 0 aliphatic rings. The minimum Gasteiger partial charge on any atom is -0.292 e. The molecule has 0 spiro atoms. The number of carbonyl (C=O) groups excluding carboxylic acids is 2. The molecule has 2 aromatic heterocycles. The van der Waals surface area contributed by atoms with Crippen molar-refractivity contribution in [1.82, 2.24) is 40.4 Å². The summed E-state index contributed by atoms with van der Waals surface area (Å²) in [6.45, 7) is 2.78. The number of anilines is 4. The SMILES string of the molecule is CC(=O)C(=S)NN(c1ccccc1)c1nnc(-c2nnc(N(NC(=S)C(C)=O)c3ccccc3)n2-c2ccccc2)n1-c1ccccc1. The summed E-state index contributed by atoms with van der Waals surface area (Å²) >= 11 is 10.8. The van der Waals surface area contributed by atoms with Crippen LogP contribution in [0, 0.1) is 0 Å². The van der Waals surface area contributed by atoms with E-state index < -0.39 is 0 Å². The van der Waals surface area contributed by atoms with Gasteiger partial charge in [0.15, 0.2) is 21.5 Å². The van der Waals surface area contributed by atoms with E-state index in [1.807, 2.05) is 121 Å².